The molecule has 0 amide bonds. The number of hydrogen-bond donors (Lipinski definition) is 1. The van der Waals surface area contributed by atoms with Crippen molar-refractivity contribution in [2.45, 2.75) is 32.9 Å². The van der Waals surface area contributed by atoms with Crippen LogP contribution in [0.5, 0.6) is 0 Å². The molecule has 4 nitrogen and oxygen atoms in total. The maximum Gasteiger partial charge on any atom is 0.205 e. The topological polar surface area (TPSA) is 41.1 Å². The highest BCUT2D eigenvalue weighted by atomic mass is 32.2. The zero-order valence-electron chi connectivity index (χ0n) is 11.1. The molecule has 1 aromatic rings. The van der Waals surface area contributed by atoms with Gasteiger partial charge in [-0.3, -0.25) is 4.90 Å². The van der Waals surface area contributed by atoms with Crippen molar-refractivity contribution in [3.8, 4) is 0 Å². The van der Waals surface area contributed by atoms with Gasteiger partial charge in [0.25, 0.3) is 0 Å². The first-order valence-electron chi connectivity index (χ1n) is 5.92. The first-order valence-corrected chi connectivity index (χ1v) is 8.13. The summed E-state index contributed by atoms with van der Waals surface area (Å²) in [6.45, 7) is 6.12. The van der Waals surface area contributed by atoms with Gasteiger partial charge in [-0.05, 0) is 39.3 Å². The van der Waals surface area contributed by atoms with Crippen LogP contribution in [0.15, 0.2) is 0 Å². The van der Waals surface area contributed by atoms with E-state index in [0.717, 1.165) is 23.2 Å². The minimum Gasteiger partial charge on any atom is -0.360 e. The highest BCUT2D eigenvalue weighted by molar-refractivity contribution is 7.98. The van der Waals surface area contributed by atoms with Crippen LogP contribution in [0, 0.1) is 0 Å². The SMILES string of the molecule is CCNc1nnc(CN(C)C(C)CCSC)s1. The third-order valence-electron chi connectivity index (χ3n) is 2.67. The van der Waals surface area contributed by atoms with Crippen LogP contribution < -0.4 is 5.32 Å². The zero-order valence-corrected chi connectivity index (χ0v) is 12.7. The molecule has 17 heavy (non-hydrogen) atoms. The Balaban J connectivity index is 2.40. The van der Waals surface area contributed by atoms with Crippen LogP contribution in [0.25, 0.3) is 0 Å². The Kier molecular flexibility index (Phi) is 6.84. The lowest BCUT2D eigenvalue weighted by Crippen LogP contribution is -2.29. The molecule has 1 unspecified atom stereocenters. The Morgan fingerprint density at radius 3 is 2.88 bits per heavy atom. The van der Waals surface area contributed by atoms with Crippen LogP contribution in [0.3, 0.4) is 0 Å². The maximum atomic E-state index is 4.20. The number of aromatic nitrogens is 2. The first kappa shape index (κ1) is 14.7. The number of nitrogens with one attached hydrogen (secondary N) is 1. The fourth-order valence-corrected chi connectivity index (χ4v) is 2.87. The number of thioether (sulfide) groups is 1. The molecule has 0 aliphatic heterocycles. The van der Waals surface area contributed by atoms with E-state index < -0.39 is 0 Å². The van der Waals surface area contributed by atoms with Gasteiger partial charge in [-0.1, -0.05) is 11.3 Å². The molecule has 0 saturated heterocycles. The van der Waals surface area contributed by atoms with Gasteiger partial charge < -0.3 is 5.32 Å². The lowest BCUT2D eigenvalue weighted by molar-refractivity contribution is 0.244. The molecule has 1 heterocycles. The smallest absolute Gasteiger partial charge is 0.205 e. The number of nitrogens with zero attached hydrogens (tertiary/aromatic N) is 3. The third-order valence-corrected chi connectivity index (χ3v) is 4.18. The van der Waals surface area contributed by atoms with Crippen molar-refractivity contribution in [2.24, 2.45) is 0 Å². The summed E-state index contributed by atoms with van der Waals surface area (Å²) in [6, 6.07) is 0.592. The summed E-state index contributed by atoms with van der Waals surface area (Å²) >= 11 is 3.55. The quantitative estimate of drug-likeness (QED) is 0.789. The van der Waals surface area contributed by atoms with E-state index in [1.165, 1.54) is 12.2 Å². The van der Waals surface area contributed by atoms with Crippen molar-refractivity contribution in [2.75, 3.05) is 30.9 Å². The second kappa shape index (κ2) is 7.89. The van der Waals surface area contributed by atoms with Gasteiger partial charge in [0, 0.05) is 12.6 Å². The fraction of sp³-hybridized carbons (Fsp3) is 0.818. The summed E-state index contributed by atoms with van der Waals surface area (Å²) in [6.07, 6.45) is 3.37. The molecule has 0 bridgehead atoms. The second-order valence-electron chi connectivity index (χ2n) is 4.08. The van der Waals surface area contributed by atoms with Gasteiger partial charge in [0.1, 0.15) is 5.01 Å². The van der Waals surface area contributed by atoms with Crippen LogP contribution in [-0.4, -0.2) is 46.7 Å². The van der Waals surface area contributed by atoms with E-state index in [9.17, 15) is 0 Å². The monoisotopic (exact) mass is 274 g/mol. The zero-order chi connectivity index (χ0) is 12.7. The third kappa shape index (κ3) is 5.23. The predicted octanol–water partition coefficient (Wildman–Crippen LogP) is 2.54. The molecule has 0 spiro atoms. The first-order chi connectivity index (χ1) is 8.17. The van der Waals surface area contributed by atoms with Crippen molar-refractivity contribution in [3.63, 3.8) is 0 Å². The van der Waals surface area contributed by atoms with E-state index in [2.05, 4.69) is 47.6 Å². The summed E-state index contributed by atoms with van der Waals surface area (Å²) in [7, 11) is 2.15. The van der Waals surface area contributed by atoms with E-state index in [0.29, 0.717) is 6.04 Å². The van der Waals surface area contributed by atoms with Gasteiger partial charge in [-0.2, -0.15) is 11.8 Å². The average Bonchev–Trinajstić information content (AvgIpc) is 2.74. The molecule has 0 fully saturated rings. The van der Waals surface area contributed by atoms with Gasteiger partial charge in [0.2, 0.25) is 5.13 Å². The molecule has 1 aromatic heterocycles. The molecule has 0 aliphatic rings. The number of hydrogen-bond acceptors (Lipinski definition) is 6. The van der Waals surface area contributed by atoms with Crippen molar-refractivity contribution >= 4 is 28.2 Å². The Morgan fingerprint density at radius 1 is 1.47 bits per heavy atom. The van der Waals surface area contributed by atoms with Gasteiger partial charge in [-0.15, -0.1) is 10.2 Å². The highest BCUT2D eigenvalue weighted by Gasteiger charge is 2.12. The van der Waals surface area contributed by atoms with Gasteiger partial charge in [-0.25, -0.2) is 0 Å². The minimum absolute atomic E-state index is 0.592. The van der Waals surface area contributed by atoms with Crippen LogP contribution in [0.4, 0.5) is 5.13 Å². The predicted molar refractivity (Wildman–Crippen MR) is 78.0 cm³/mol. The molecule has 6 heteroatoms. The summed E-state index contributed by atoms with van der Waals surface area (Å²) in [5.74, 6) is 1.21. The molecule has 0 radical (unpaired) electrons. The van der Waals surface area contributed by atoms with Crippen LogP contribution in [0.2, 0.25) is 0 Å². The Labute approximate surface area is 112 Å². The number of rotatable bonds is 8. The molecular weight excluding hydrogens is 252 g/mol. The molecular formula is C11H22N4S2. The van der Waals surface area contributed by atoms with Crippen molar-refractivity contribution in [3.05, 3.63) is 5.01 Å². The van der Waals surface area contributed by atoms with Crippen LogP contribution in [-0.2, 0) is 6.54 Å². The highest BCUT2D eigenvalue weighted by Crippen LogP contribution is 2.17. The van der Waals surface area contributed by atoms with Crippen LogP contribution >= 0.6 is 23.1 Å². The molecule has 0 aromatic carbocycles. The number of anilines is 1. The second-order valence-corrected chi connectivity index (χ2v) is 6.12. The summed E-state index contributed by atoms with van der Waals surface area (Å²) in [5, 5.41) is 13.5. The normalized spacial score (nSPS) is 13.0. The fourth-order valence-electron chi connectivity index (χ4n) is 1.42. The van der Waals surface area contributed by atoms with Gasteiger partial charge in [0.15, 0.2) is 0 Å². The lowest BCUT2D eigenvalue weighted by Gasteiger charge is -2.22. The molecule has 1 atom stereocenters. The molecule has 1 rings (SSSR count). The Morgan fingerprint density at radius 2 is 2.24 bits per heavy atom. The largest absolute Gasteiger partial charge is 0.360 e. The van der Waals surface area contributed by atoms with Crippen molar-refractivity contribution < 1.29 is 0 Å². The maximum absolute atomic E-state index is 4.20. The van der Waals surface area contributed by atoms with Crippen molar-refractivity contribution in [1.82, 2.24) is 15.1 Å². The lowest BCUT2D eigenvalue weighted by atomic mass is 10.2. The Hall–Kier alpha value is -0.330. The summed E-state index contributed by atoms with van der Waals surface area (Å²) < 4.78 is 0. The van der Waals surface area contributed by atoms with Crippen LogP contribution in [0.1, 0.15) is 25.3 Å². The summed E-state index contributed by atoms with van der Waals surface area (Å²) in [4.78, 5) is 2.34. The van der Waals surface area contributed by atoms with E-state index >= 15 is 0 Å². The van der Waals surface area contributed by atoms with E-state index in [1.54, 1.807) is 11.3 Å². The van der Waals surface area contributed by atoms with E-state index in [-0.39, 0.29) is 0 Å². The molecule has 1 N–H and O–H groups in total. The Bertz CT molecular complexity index is 316. The minimum atomic E-state index is 0.592. The van der Waals surface area contributed by atoms with E-state index in [1.807, 2.05) is 11.8 Å². The average molecular weight is 274 g/mol. The van der Waals surface area contributed by atoms with Crippen molar-refractivity contribution in [1.29, 1.82) is 0 Å². The standard InChI is InChI=1S/C11H22N4S2/c1-5-12-11-14-13-10(17-11)8-15(3)9(2)6-7-16-4/h9H,5-8H2,1-4H3,(H,12,14). The van der Waals surface area contributed by atoms with E-state index in [4.69, 9.17) is 0 Å². The molecule has 0 saturated carbocycles. The van der Waals surface area contributed by atoms with Gasteiger partial charge in [0.05, 0.1) is 6.54 Å². The van der Waals surface area contributed by atoms with Gasteiger partial charge >= 0.3 is 0 Å². The summed E-state index contributed by atoms with van der Waals surface area (Å²) in [5.41, 5.74) is 0. The molecule has 98 valence electrons. The molecule has 0 aliphatic carbocycles.